The van der Waals surface area contributed by atoms with Crippen molar-refractivity contribution >= 4 is 35.3 Å². The van der Waals surface area contributed by atoms with Gasteiger partial charge in [0.1, 0.15) is 0 Å². The number of nitrogens with one attached hydrogen (secondary N) is 1. The maximum atomic E-state index is 11.7. The molecule has 0 saturated carbocycles. The lowest BCUT2D eigenvalue weighted by atomic mass is 9.85. The molecule has 1 aliphatic rings. The van der Waals surface area contributed by atoms with Gasteiger partial charge in [0.2, 0.25) is 0 Å². The van der Waals surface area contributed by atoms with Crippen LogP contribution in [0.5, 0.6) is 0 Å². The highest BCUT2D eigenvalue weighted by Gasteiger charge is 2.24. The van der Waals surface area contributed by atoms with Crippen LogP contribution in [-0.4, -0.2) is 49.2 Å². The van der Waals surface area contributed by atoms with Gasteiger partial charge in [0.05, 0.1) is 23.2 Å². The number of aliphatic imine (C=N–C) groups is 1. The molecule has 1 amide bonds. The summed E-state index contributed by atoms with van der Waals surface area (Å²) in [6, 6.07) is 5.82. The SMILES string of the molecule is CCOC(=O)N1CCC(NC(N)=NCC(C)(C)c2ccc(Cl)c(Cl)c2)CC1. The van der Waals surface area contributed by atoms with Crippen LogP contribution in [0, 0.1) is 0 Å². The van der Waals surface area contributed by atoms with E-state index >= 15 is 0 Å². The van der Waals surface area contributed by atoms with Crippen LogP contribution in [0.1, 0.15) is 39.2 Å². The molecule has 0 aromatic heterocycles. The van der Waals surface area contributed by atoms with E-state index in [1.54, 1.807) is 11.0 Å². The fourth-order valence-corrected chi connectivity index (χ4v) is 3.27. The Labute approximate surface area is 171 Å². The van der Waals surface area contributed by atoms with Gasteiger partial charge in [-0.2, -0.15) is 0 Å². The van der Waals surface area contributed by atoms with Gasteiger partial charge in [-0.3, -0.25) is 4.99 Å². The van der Waals surface area contributed by atoms with Crippen LogP contribution < -0.4 is 11.1 Å². The molecule has 1 aromatic rings. The van der Waals surface area contributed by atoms with E-state index in [2.05, 4.69) is 24.2 Å². The summed E-state index contributed by atoms with van der Waals surface area (Å²) in [4.78, 5) is 18.0. The number of ether oxygens (including phenoxy) is 1. The highest BCUT2D eigenvalue weighted by atomic mass is 35.5. The highest BCUT2D eigenvalue weighted by Crippen LogP contribution is 2.30. The Balaban J connectivity index is 1.87. The van der Waals surface area contributed by atoms with E-state index in [0.29, 0.717) is 42.2 Å². The summed E-state index contributed by atoms with van der Waals surface area (Å²) >= 11 is 12.1. The van der Waals surface area contributed by atoms with Crippen molar-refractivity contribution in [2.24, 2.45) is 10.7 Å². The molecule has 0 bridgehead atoms. The van der Waals surface area contributed by atoms with Gasteiger partial charge in [-0.05, 0) is 37.5 Å². The molecule has 1 heterocycles. The molecule has 27 heavy (non-hydrogen) atoms. The van der Waals surface area contributed by atoms with E-state index in [4.69, 9.17) is 33.7 Å². The largest absolute Gasteiger partial charge is 0.450 e. The van der Waals surface area contributed by atoms with Gasteiger partial charge in [0.15, 0.2) is 5.96 Å². The van der Waals surface area contributed by atoms with Crippen molar-refractivity contribution in [2.75, 3.05) is 26.2 Å². The van der Waals surface area contributed by atoms with Crippen LogP contribution in [0.25, 0.3) is 0 Å². The number of rotatable bonds is 5. The second-order valence-electron chi connectivity index (χ2n) is 7.32. The number of amides is 1. The Morgan fingerprint density at radius 1 is 1.33 bits per heavy atom. The van der Waals surface area contributed by atoms with Gasteiger partial charge in [-0.15, -0.1) is 0 Å². The lowest BCUT2D eigenvalue weighted by Crippen LogP contribution is -2.48. The minimum atomic E-state index is -0.249. The number of carbonyl (C=O) groups excluding carboxylic acids is 1. The number of likely N-dealkylation sites (tertiary alicyclic amines) is 1. The van der Waals surface area contributed by atoms with Crippen molar-refractivity contribution in [1.82, 2.24) is 10.2 Å². The summed E-state index contributed by atoms with van der Waals surface area (Å²) in [7, 11) is 0. The van der Waals surface area contributed by atoms with Crippen LogP contribution in [0.3, 0.4) is 0 Å². The minimum Gasteiger partial charge on any atom is -0.450 e. The molecule has 150 valence electrons. The zero-order valence-electron chi connectivity index (χ0n) is 16.1. The van der Waals surface area contributed by atoms with Crippen molar-refractivity contribution in [3.63, 3.8) is 0 Å². The fraction of sp³-hybridized carbons (Fsp3) is 0.579. The van der Waals surface area contributed by atoms with Gasteiger partial charge >= 0.3 is 6.09 Å². The first kappa shape index (κ1) is 21.6. The van der Waals surface area contributed by atoms with Crippen molar-refractivity contribution < 1.29 is 9.53 Å². The predicted octanol–water partition coefficient (Wildman–Crippen LogP) is 3.80. The van der Waals surface area contributed by atoms with E-state index in [-0.39, 0.29) is 17.6 Å². The van der Waals surface area contributed by atoms with Gasteiger partial charge < -0.3 is 20.7 Å². The average molecular weight is 415 g/mol. The van der Waals surface area contributed by atoms with Crippen LogP contribution in [0.2, 0.25) is 10.0 Å². The number of benzene rings is 1. The minimum absolute atomic E-state index is 0.201. The molecule has 6 nitrogen and oxygen atoms in total. The standard InChI is InChI=1S/C19H28Cl2N4O2/c1-4-27-18(26)25-9-7-14(8-10-25)24-17(22)23-12-19(2,3)13-5-6-15(20)16(21)11-13/h5-6,11,14H,4,7-10,12H2,1-3H3,(H3,22,23,24). The van der Waals surface area contributed by atoms with E-state index in [9.17, 15) is 4.79 Å². The van der Waals surface area contributed by atoms with Crippen LogP contribution in [-0.2, 0) is 10.2 Å². The molecular weight excluding hydrogens is 387 g/mol. The molecule has 0 aliphatic carbocycles. The molecule has 2 rings (SSSR count). The molecule has 1 fully saturated rings. The highest BCUT2D eigenvalue weighted by molar-refractivity contribution is 6.42. The Kier molecular flexibility index (Phi) is 7.62. The summed E-state index contributed by atoms with van der Waals surface area (Å²) < 4.78 is 5.03. The molecule has 1 aromatic carbocycles. The Morgan fingerprint density at radius 3 is 2.59 bits per heavy atom. The molecule has 0 spiro atoms. The monoisotopic (exact) mass is 414 g/mol. The number of halogens is 2. The van der Waals surface area contributed by atoms with Crippen molar-refractivity contribution in [3.8, 4) is 0 Å². The number of nitrogens with two attached hydrogens (primary N) is 1. The Hall–Kier alpha value is -1.66. The number of hydrogen-bond donors (Lipinski definition) is 2. The van der Waals surface area contributed by atoms with Gasteiger partial charge in [0, 0.05) is 24.5 Å². The zero-order chi connectivity index (χ0) is 20.0. The zero-order valence-corrected chi connectivity index (χ0v) is 17.6. The topological polar surface area (TPSA) is 80.0 Å². The quantitative estimate of drug-likeness (QED) is 0.567. The van der Waals surface area contributed by atoms with E-state index in [1.165, 1.54) is 0 Å². The second kappa shape index (κ2) is 9.51. The summed E-state index contributed by atoms with van der Waals surface area (Å²) in [5.74, 6) is 0.415. The van der Waals surface area contributed by atoms with Crippen LogP contribution >= 0.6 is 23.2 Å². The summed E-state index contributed by atoms with van der Waals surface area (Å²) in [6.07, 6.45) is 1.37. The molecule has 0 atom stereocenters. The van der Waals surface area contributed by atoms with E-state index in [0.717, 1.165) is 18.4 Å². The third-order valence-corrected chi connectivity index (χ3v) is 5.46. The number of carbonyl (C=O) groups is 1. The summed E-state index contributed by atoms with van der Waals surface area (Å²) in [6.45, 7) is 8.19. The second-order valence-corrected chi connectivity index (χ2v) is 8.13. The van der Waals surface area contributed by atoms with E-state index in [1.807, 2.05) is 19.1 Å². The first-order valence-corrected chi connectivity index (χ1v) is 9.92. The molecular formula is C19H28Cl2N4O2. The van der Waals surface area contributed by atoms with Gasteiger partial charge in [-0.25, -0.2) is 4.79 Å². The lowest BCUT2D eigenvalue weighted by molar-refractivity contribution is 0.0963. The molecule has 8 heteroatoms. The molecule has 0 unspecified atom stereocenters. The summed E-state index contributed by atoms with van der Waals surface area (Å²) in [5.41, 5.74) is 6.90. The molecule has 3 N–H and O–H groups in total. The van der Waals surface area contributed by atoms with Crippen molar-refractivity contribution in [1.29, 1.82) is 0 Å². The maximum absolute atomic E-state index is 11.7. The van der Waals surface area contributed by atoms with Crippen LogP contribution in [0.4, 0.5) is 4.79 Å². The molecule has 0 radical (unpaired) electrons. The van der Waals surface area contributed by atoms with Crippen molar-refractivity contribution in [3.05, 3.63) is 33.8 Å². The van der Waals surface area contributed by atoms with Gasteiger partial charge in [0.25, 0.3) is 0 Å². The Bertz CT molecular complexity index is 686. The maximum Gasteiger partial charge on any atom is 0.409 e. The third-order valence-electron chi connectivity index (χ3n) is 4.72. The Morgan fingerprint density at radius 2 is 2.00 bits per heavy atom. The lowest BCUT2D eigenvalue weighted by Gasteiger charge is -2.32. The number of nitrogens with zero attached hydrogens (tertiary/aromatic N) is 2. The molecule has 1 saturated heterocycles. The number of guanidine groups is 1. The normalized spacial score (nSPS) is 16.3. The van der Waals surface area contributed by atoms with Gasteiger partial charge in [-0.1, -0.05) is 43.1 Å². The number of piperidine rings is 1. The molecule has 1 aliphatic heterocycles. The average Bonchev–Trinajstić information content (AvgIpc) is 2.63. The van der Waals surface area contributed by atoms with Crippen molar-refractivity contribution in [2.45, 2.75) is 45.1 Å². The van der Waals surface area contributed by atoms with E-state index < -0.39 is 0 Å². The first-order valence-electron chi connectivity index (χ1n) is 9.16. The first-order chi connectivity index (χ1) is 12.7. The third kappa shape index (κ3) is 6.18. The fourth-order valence-electron chi connectivity index (χ4n) is 2.97. The number of hydrogen-bond acceptors (Lipinski definition) is 3. The summed E-state index contributed by atoms with van der Waals surface area (Å²) in [5, 5.41) is 4.33. The smallest absolute Gasteiger partial charge is 0.409 e. The van der Waals surface area contributed by atoms with Crippen LogP contribution in [0.15, 0.2) is 23.2 Å². The predicted molar refractivity (Wildman–Crippen MR) is 111 cm³/mol.